The standard InChI is InChI=1S/C27H41N5O6/c1-9-38-24(33)22-19(16-31-12-13-32(17(2)15-31)26(35)29-27(3,4)5)30(6)25(34)28-23(22)18-10-11-20(36-7)21(14-18)37-8/h10-11,14,17,23H,9,12-13,15-16H2,1-8H3,(H,28,34)(H,29,35). The minimum Gasteiger partial charge on any atom is -0.493 e. The molecule has 2 aliphatic heterocycles. The second-order valence-electron chi connectivity index (χ2n) is 10.6. The maximum Gasteiger partial charge on any atom is 0.338 e. The van der Waals surface area contributed by atoms with Crippen LogP contribution in [0.25, 0.3) is 0 Å². The number of urea groups is 2. The van der Waals surface area contributed by atoms with E-state index in [0.717, 1.165) is 0 Å². The lowest BCUT2D eigenvalue weighted by Gasteiger charge is -2.43. The number of rotatable bonds is 7. The minimum atomic E-state index is -0.733. The Kier molecular flexibility index (Phi) is 9.14. The molecular weight excluding hydrogens is 490 g/mol. The van der Waals surface area contributed by atoms with Crippen molar-refractivity contribution in [3.8, 4) is 11.5 Å². The van der Waals surface area contributed by atoms with Crippen LogP contribution in [0.5, 0.6) is 11.5 Å². The molecule has 0 bridgehead atoms. The third-order valence-electron chi connectivity index (χ3n) is 6.64. The number of esters is 1. The average molecular weight is 532 g/mol. The lowest BCUT2D eigenvalue weighted by Crippen LogP contribution is -2.59. The molecule has 1 aromatic rings. The Balaban J connectivity index is 1.94. The van der Waals surface area contributed by atoms with Crippen LogP contribution in [0.2, 0.25) is 0 Å². The Hall–Kier alpha value is -3.47. The van der Waals surface area contributed by atoms with Crippen molar-refractivity contribution in [2.24, 2.45) is 0 Å². The van der Waals surface area contributed by atoms with Gasteiger partial charge in [0.1, 0.15) is 0 Å². The highest BCUT2D eigenvalue weighted by Crippen LogP contribution is 2.36. The van der Waals surface area contributed by atoms with E-state index in [0.29, 0.717) is 54.5 Å². The summed E-state index contributed by atoms with van der Waals surface area (Å²) in [4.78, 5) is 44.6. The van der Waals surface area contributed by atoms with Crippen molar-refractivity contribution in [3.63, 3.8) is 0 Å². The summed E-state index contributed by atoms with van der Waals surface area (Å²) in [6.07, 6.45) is 0. The fourth-order valence-electron chi connectivity index (χ4n) is 4.76. The number of ether oxygens (including phenoxy) is 3. The van der Waals surface area contributed by atoms with Gasteiger partial charge in [0, 0.05) is 50.5 Å². The maximum absolute atomic E-state index is 13.3. The summed E-state index contributed by atoms with van der Waals surface area (Å²) < 4.78 is 16.2. The van der Waals surface area contributed by atoms with Crippen LogP contribution in [0.3, 0.4) is 0 Å². The van der Waals surface area contributed by atoms with E-state index in [4.69, 9.17) is 14.2 Å². The predicted octanol–water partition coefficient (Wildman–Crippen LogP) is 2.73. The molecule has 210 valence electrons. The van der Waals surface area contributed by atoms with Gasteiger partial charge in [0.05, 0.1) is 32.4 Å². The smallest absolute Gasteiger partial charge is 0.338 e. The van der Waals surface area contributed by atoms with Crippen molar-refractivity contribution >= 4 is 18.0 Å². The van der Waals surface area contributed by atoms with Crippen molar-refractivity contribution < 1.29 is 28.6 Å². The van der Waals surface area contributed by atoms with Crippen LogP contribution < -0.4 is 20.1 Å². The van der Waals surface area contributed by atoms with E-state index in [2.05, 4.69) is 15.5 Å². The number of amides is 4. The van der Waals surface area contributed by atoms with Crippen LogP contribution in [0, 0.1) is 0 Å². The van der Waals surface area contributed by atoms with Gasteiger partial charge in [0.25, 0.3) is 0 Å². The number of piperazine rings is 1. The third-order valence-corrected chi connectivity index (χ3v) is 6.64. The van der Waals surface area contributed by atoms with Gasteiger partial charge in [-0.3, -0.25) is 9.80 Å². The summed E-state index contributed by atoms with van der Waals surface area (Å²) in [5, 5.41) is 5.96. The van der Waals surface area contributed by atoms with Crippen molar-refractivity contribution in [3.05, 3.63) is 35.0 Å². The van der Waals surface area contributed by atoms with Crippen LogP contribution >= 0.6 is 0 Å². The second-order valence-corrected chi connectivity index (χ2v) is 10.6. The van der Waals surface area contributed by atoms with E-state index in [1.54, 1.807) is 39.3 Å². The summed E-state index contributed by atoms with van der Waals surface area (Å²) in [7, 11) is 4.72. The van der Waals surface area contributed by atoms with E-state index in [9.17, 15) is 14.4 Å². The van der Waals surface area contributed by atoms with Crippen molar-refractivity contribution in [2.45, 2.75) is 52.2 Å². The highest BCUT2D eigenvalue weighted by Gasteiger charge is 2.39. The fourth-order valence-corrected chi connectivity index (χ4v) is 4.76. The molecule has 38 heavy (non-hydrogen) atoms. The van der Waals surface area contributed by atoms with Gasteiger partial charge >= 0.3 is 18.0 Å². The van der Waals surface area contributed by atoms with Gasteiger partial charge in [0.2, 0.25) is 0 Å². The largest absolute Gasteiger partial charge is 0.493 e. The van der Waals surface area contributed by atoms with Crippen LogP contribution in [0.1, 0.15) is 46.2 Å². The monoisotopic (exact) mass is 531 g/mol. The summed E-state index contributed by atoms with van der Waals surface area (Å²) >= 11 is 0. The molecule has 0 radical (unpaired) electrons. The fraction of sp³-hybridized carbons (Fsp3) is 0.593. The second kappa shape index (κ2) is 11.9. The first-order chi connectivity index (χ1) is 17.9. The number of likely N-dealkylation sites (N-methyl/N-ethyl adjacent to an activating group) is 1. The van der Waals surface area contributed by atoms with Crippen molar-refractivity contribution in [2.75, 3.05) is 54.1 Å². The van der Waals surface area contributed by atoms with E-state index >= 15 is 0 Å². The molecule has 2 unspecified atom stereocenters. The molecule has 3 rings (SSSR count). The van der Waals surface area contributed by atoms with E-state index in [-0.39, 0.29) is 30.2 Å². The van der Waals surface area contributed by atoms with Gasteiger partial charge < -0.3 is 29.7 Å². The Morgan fingerprint density at radius 1 is 1.13 bits per heavy atom. The van der Waals surface area contributed by atoms with Gasteiger partial charge in [-0.1, -0.05) is 6.07 Å². The summed E-state index contributed by atoms with van der Waals surface area (Å²) in [6.45, 7) is 11.9. The van der Waals surface area contributed by atoms with E-state index in [1.165, 1.54) is 12.0 Å². The van der Waals surface area contributed by atoms with Crippen molar-refractivity contribution in [1.82, 2.24) is 25.3 Å². The molecular formula is C27H41N5O6. The summed E-state index contributed by atoms with van der Waals surface area (Å²) in [6, 6.07) is 4.07. The normalized spacial score (nSPS) is 20.7. The summed E-state index contributed by atoms with van der Waals surface area (Å²) in [5.41, 5.74) is 1.26. The van der Waals surface area contributed by atoms with Gasteiger partial charge in [-0.25, -0.2) is 14.4 Å². The number of carbonyl (C=O) groups excluding carboxylic acids is 3. The number of hydrogen-bond acceptors (Lipinski definition) is 7. The Morgan fingerprint density at radius 2 is 1.82 bits per heavy atom. The van der Waals surface area contributed by atoms with E-state index in [1.807, 2.05) is 32.6 Å². The zero-order valence-corrected chi connectivity index (χ0v) is 23.7. The number of hydrogen-bond donors (Lipinski definition) is 2. The van der Waals surface area contributed by atoms with Crippen molar-refractivity contribution in [1.29, 1.82) is 0 Å². The molecule has 1 fully saturated rings. The number of carbonyl (C=O) groups is 3. The third kappa shape index (κ3) is 6.50. The zero-order valence-electron chi connectivity index (χ0n) is 23.7. The average Bonchev–Trinajstić information content (AvgIpc) is 2.85. The molecule has 0 spiro atoms. The molecule has 1 saturated heterocycles. The quantitative estimate of drug-likeness (QED) is 0.520. The van der Waals surface area contributed by atoms with Crippen LogP contribution in [0.15, 0.2) is 29.5 Å². The molecule has 2 atom stereocenters. The first kappa shape index (κ1) is 29.1. The number of nitrogens with zero attached hydrogens (tertiary/aromatic N) is 3. The highest BCUT2D eigenvalue weighted by atomic mass is 16.5. The molecule has 4 amide bonds. The number of benzene rings is 1. The SMILES string of the molecule is CCOC(=O)C1=C(CN2CCN(C(=O)NC(C)(C)C)C(C)C2)N(C)C(=O)NC1c1ccc(OC)c(OC)c1. The summed E-state index contributed by atoms with van der Waals surface area (Å²) in [5.74, 6) is 0.534. The lowest BCUT2D eigenvalue weighted by atomic mass is 9.93. The van der Waals surface area contributed by atoms with Crippen LogP contribution in [0.4, 0.5) is 9.59 Å². The maximum atomic E-state index is 13.3. The van der Waals surface area contributed by atoms with E-state index < -0.39 is 12.0 Å². The van der Waals surface area contributed by atoms with Gasteiger partial charge in [-0.05, 0) is 52.3 Å². The van der Waals surface area contributed by atoms with Gasteiger partial charge in [-0.2, -0.15) is 0 Å². The first-order valence-corrected chi connectivity index (χ1v) is 12.9. The minimum absolute atomic E-state index is 0.0536. The molecule has 0 saturated carbocycles. The lowest BCUT2D eigenvalue weighted by molar-refractivity contribution is -0.139. The molecule has 11 nitrogen and oxygen atoms in total. The highest BCUT2D eigenvalue weighted by molar-refractivity contribution is 5.95. The molecule has 2 N–H and O–H groups in total. The molecule has 1 aromatic carbocycles. The molecule has 0 aliphatic carbocycles. The van der Waals surface area contributed by atoms with Gasteiger partial charge in [0.15, 0.2) is 11.5 Å². The Bertz CT molecular complexity index is 1080. The number of nitrogens with one attached hydrogen (secondary N) is 2. The Morgan fingerprint density at radius 3 is 2.39 bits per heavy atom. The first-order valence-electron chi connectivity index (χ1n) is 12.9. The molecule has 11 heteroatoms. The zero-order chi connectivity index (χ0) is 28.2. The molecule has 2 aliphatic rings. The Labute approximate surface area is 225 Å². The van der Waals surface area contributed by atoms with Crippen LogP contribution in [-0.4, -0.2) is 98.4 Å². The predicted molar refractivity (Wildman–Crippen MR) is 143 cm³/mol. The number of methoxy groups -OCH3 is 2. The topological polar surface area (TPSA) is 113 Å². The molecule has 0 aromatic heterocycles. The van der Waals surface area contributed by atoms with Crippen LogP contribution in [-0.2, 0) is 9.53 Å². The van der Waals surface area contributed by atoms with Gasteiger partial charge in [-0.15, -0.1) is 0 Å². The molecule has 2 heterocycles.